The minimum Gasteiger partial charge on any atom is -0.382 e. The number of carbonyl (C=O) groups is 1. The molecule has 0 unspecified atom stereocenters. The van der Waals surface area contributed by atoms with Gasteiger partial charge in [0, 0.05) is 44.6 Å². The first-order valence-electron chi connectivity index (χ1n) is 7.93. The number of rotatable bonds is 8. The molecule has 0 aliphatic rings. The lowest BCUT2D eigenvalue weighted by molar-refractivity contribution is 0.0802. The van der Waals surface area contributed by atoms with Crippen LogP contribution in [0, 0.1) is 0 Å². The zero-order valence-electron chi connectivity index (χ0n) is 14.3. The normalized spacial score (nSPS) is 11.1. The number of aromatic nitrogens is 1. The molecule has 0 aliphatic carbocycles. The first kappa shape index (κ1) is 18.9. The first-order chi connectivity index (χ1) is 11.9. The summed E-state index contributed by atoms with van der Waals surface area (Å²) in [6, 6.07) is 9.69. The highest BCUT2D eigenvalue weighted by Crippen LogP contribution is 2.13. The molecule has 0 atom stereocenters. The summed E-state index contributed by atoms with van der Waals surface area (Å²) in [5.41, 5.74) is 1.16. The number of nitrogens with one attached hydrogen (secondary N) is 2. The summed E-state index contributed by atoms with van der Waals surface area (Å²) in [5.74, 6) is -0.210. The van der Waals surface area contributed by atoms with Crippen molar-refractivity contribution in [1.82, 2.24) is 14.6 Å². The highest BCUT2D eigenvalue weighted by atomic mass is 32.2. The Hall–Kier alpha value is -2.45. The zero-order chi connectivity index (χ0) is 18.3. The number of hydrogen-bond acceptors (Lipinski definition) is 5. The number of pyridine rings is 1. The van der Waals surface area contributed by atoms with Gasteiger partial charge < -0.3 is 10.2 Å². The van der Waals surface area contributed by atoms with Crippen molar-refractivity contribution in [3.05, 3.63) is 54.4 Å². The first-order valence-corrected chi connectivity index (χ1v) is 9.41. The summed E-state index contributed by atoms with van der Waals surface area (Å²) >= 11 is 0. The van der Waals surface area contributed by atoms with Crippen molar-refractivity contribution < 1.29 is 13.2 Å². The topological polar surface area (TPSA) is 91.4 Å². The number of carbonyl (C=O) groups excluding carboxylic acids is 1. The van der Waals surface area contributed by atoms with E-state index in [-0.39, 0.29) is 17.3 Å². The van der Waals surface area contributed by atoms with Gasteiger partial charge in [0.1, 0.15) is 0 Å². The van der Waals surface area contributed by atoms with Crippen LogP contribution in [-0.2, 0) is 10.0 Å². The van der Waals surface area contributed by atoms with Crippen molar-refractivity contribution in [3.8, 4) is 0 Å². The second-order valence-electron chi connectivity index (χ2n) is 5.41. The molecule has 1 aromatic heterocycles. The number of nitrogens with zero attached hydrogens (tertiary/aromatic N) is 2. The summed E-state index contributed by atoms with van der Waals surface area (Å²) in [7, 11) is -2.01. The van der Waals surface area contributed by atoms with Gasteiger partial charge in [-0.25, -0.2) is 13.1 Å². The maximum absolute atomic E-state index is 12.4. The van der Waals surface area contributed by atoms with Crippen LogP contribution in [0.25, 0.3) is 0 Å². The molecule has 25 heavy (non-hydrogen) atoms. The van der Waals surface area contributed by atoms with Crippen LogP contribution in [0.5, 0.6) is 0 Å². The van der Waals surface area contributed by atoms with Crippen LogP contribution in [0.15, 0.2) is 53.7 Å². The van der Waals surface area contributed by atoms with Gasteiger partial charge in [-0.3, -0.25) is 9.78 Å². The maximum Gasteiger partial charge on any atom is 0.253 e. The average molecular weight is 362 g/mol. The standard InChI is InChI=1S/C17H22N4O3S/c1-3-21(2)17(22)14-6-4-8-16(12-14)25(23,24)20-11-10-19-15-7-5-9-18-13-15/h4-9,12-13,19-20H,3,10-11H2,1-2H3. The maximum atomic E-state index is 12.4. The summed E-state index contributed by atoms with van der Waals surface area (Å²) in [5, 5.41) is 3.07. The van der Waals surface area contributed by atoms with E-state index in [9.17, 15) is 13.2 Å². The second kappa shape index (κ2) is 8.59. The molecule has 1 aromatic carbocycles. The van der Waals surface area contributed by atoms with Crippen molar-refractivity contribution in [3.63, 3.8) is 0 Å². The molecule has 0 radical (unpaired) electrons. The third-order valence-corrected chi connectivity index (χ3v) is 5.08. The quantitative estimate of drug-likeness (QED) is 0.696. The molecule has 0 saturated carbocycles. The van der Waals surface area contributed by atoms with Gasteiger partial charge in [-0.2, -0.15) is 0 Å². The molecule has 134 valence electrons. The van der Waals surface area contributed by atoms with Crippen molar-refractivity contribution in [2.45, 2.75) is 11.8 Å². The van der Waals surface area contributed by atoms with Gasteiger partial charge in [0.2, 0.25) is 10.0 Å². The Morgan fingerprint density at radius 1 is 1.20 bits per heavy atom. The molecule has 2 aromatic rings. The molecule has 0 saturated heterocycles. The smallest absolute Gasteiger partial charge is 0.253 e. The number of anilines is 1. The predicted molar refractivity (Wildman–Crippen MR) is 97.0 cm³/mol. The molecule has 0 fully saturated rings. The van der Waals surface area contributed by atoms with Crippen LogP contribution < -0.4 is 10.0 Å². The lowest BCUT2D eigenvalue weighted by Gasteiger charge is -2.15. The van der Waals surface area contributed by atoms with E-state index in [1.54, 1.807) is 37.6 Å². The van der Waals surface area contributed by atoms with Gasteiger partial charge in [-0.15, -0.1) is 0 Å². The van der Waals surface area contributed by atoms with E-state index in [0.29, 0.717) is 18.7 Å². The summed E-state index contributed by atoms with van der Waals surface area (Å²) < 4.78 is 27.3. The third-order valence-electron chi connectivity index (χ3n) is 3.62. The van der Waals surface area contributed by atoms with Gasteiger partial charge in [0.15, 0.2) is 0 Å². The van der Waals surface area contributed by atoms with E-state index in [0.717, 1.165) is 5.69 Å². The highest BCUT2D eigenvalue weighted by molar-refractivity contribution is 7.89. The fraction of sp³-hybridized carbons (Fsp3) is 0.294. The summed E-state index contributed by atoms with van der Waals surface area (Å²) in [6.45, 7) is 3.04. The molecule has 1 amide bonds. The van der Waals surface area contributed by atoms with Crippen LogP contribution in [0.2, 0.25) is 0 Å². The second-order valence-corrected chi connectivity index (χ2v) is 7.18. The largest absolute Gasteiger partial charge is 0.382 e. The highest BCUT2D eigenvalue weighted by Gasteiger charge is 2.17. The summed E-state index contributed by atoms with van der Waals surface area (Å²) in [6.07, 6.45) is 3.33. The van der Waals surface area contributed by atoms with Crippen LogP contribution in [0.4, 0.5) is 5.69 Å². The molecule has 0 aliphatic heterocycles. The van der Waals surface area contributed by atoms with Gasteiger partial charge in [0.25, 0.3) is 5.91 Å². The van der Waals surface area contributed by atoms with Crippen LogP contribution in [-0.4, -0.2) is 50.9 Å². The third kappa shape index (κ3) is 5.27. The van der Waals surface area contributed by atoms with Crippen molar-refractivity contribution in [2.24, 2.45) is 0 Å². The van der Waals surface area contributed by atoms with E-state index >= 15 is 0 Å². The zero-order valence-corrected chi connectivity index (χ0v) is 15.1. The Balaban J connectivity index is 1.98. The Kier molecular flexibility index (Phi) is 6.49. The average Bonchev–Trinajstić information content (AvgIpc) is 2.65. The number of hydrogen-bond donors (Lipinski definition) is 2. The van der Waals surface area contributed by atoms with E-state index in [1.165, 1.54) is 17.0 Å². The minimum absolute atomic E-state index is 0.0734. The van der Waals surface area contributed by atoms with E-state index < -0.39 is 10.0 Å². The molecule has 2 rings (SSSR count). The molecule has 2 N–H and O–H groups in total. The fourth-order valence-corrected chi connectivity index (χ4v) is 3.18. The Bertz CT molecular complexity index is 810. The fourth-order valence-electron chi connectivity index (χ4n) is 2.10. The molecule has 7 nitrogen and oxygen atoms in total. The molecule has 0 spiro atoms. The van der Waals surface area contributed by atoms with E-state index in [1.807, 2.05) is 13.0 Å². The van der Waals surface area contributed by atoms with Crippen LogP contribution in [0.3, 0.4) is 0 Å². The van der Waals surface area contributed by atoms with Gasteiger partial charge in [-0.1, -0.05) is 6.07 Å². The number of amides is 1. The molecule has 1 heterocycles. The van der Waals surface area contributed by atoms with Crippen LogP contribution >= 0.6 is 0 Å². The molecule has 8 heteroatoms. The van der Waals surface area contributed by atoms with Gasteiger partial charge in [0.05, 0.1) is 10.6 Å². The Morgan fingerprint density at radius 2 is 2.00 bits per heavy atom. The monoisotopic (exact) mass is 362 g/mol. The minimum atomic E-state index is -3.68. The Labute approximate surface area is 148 Å². The van der Waals surface area contributed by atoms with Gasteiger partial charge in [-0.05, 0) is 37.3 Å². The molecular formula is C17H22N4O3S. The SMILES string of the molecule is CCN(C)C(=O)c1cccc(S(=O)(=O)NCCNc2cccnc2)c1. The summed E-state index contributed by atoms with van der Waals surface area (Å²) in [4.78, 5) is 17.7. The Morgan fingerprint density at radius 3 is 2.68 bits per heavy atom. The lowest BCUT2D eigenvalue weighted by atomic mass is 10.2. The molecular weight excluding hydrogens is 340 g/mol. The van der Waals surface area contributed by atoms with Crippen molar-refractivity contribution in [1.29, 1.82) is 0 Å². The number of sulfonamides is 1. The van der Waals surface area contributed by atoms with E-state index in [4.69, 9.17) is 0 Å². The van der Waals surface area contributed by atoms with Crippen LogP contribution in [0.1, 0.15) is 17.3 Å². The van der Waals surface area contributed by atoms with Crippen molar-refractivity contribution in [2.75, 3.05) is 32.0 Å². The number of benzene rings is 1. The predicted octanol–water partition coefficient (Wildman–Crippen LogP) is 1.56. The molecule has 0 bridgehead atoms. The van der Waals surface area contributed by atoms with E-state index in [2.05, 4.69) is 15.0 Å². The lowest BCUT2D eigenvalue weighted by Crippen LogP contribution is -2.30. The van der Waals surface area contributed by atoms with Gasteiger partial charge >= 0.3 is 0 Å². The van der Waals surface area contributed by atoms with Crippen molar-refractivity contribution >= 4 is 21.6 Å².